The number of furan rings is 1. The monoisotopic (exact) mass is 356 g/mol. The van der Waals surface area contributed by atoms with Crippen molar-refractivity contribution >= 4 is 11.6 Å². The molecule has 25 heavy (non-hydrogen) atoms. The van der Waals surface area contributed by atoms with Gasteiger partial charge in [-0.1, -0.05) is 23.7 Å². The molecule has 1 aromatic carbocycles. The van der Waals surface area contributed by atoms with Gasteiger partial charge in [-0.15, -0.1) is 0 Å². The van der Waals surface area contributed by atoms with E-state index in [1.807, 2.05) is 12.1 Å². The lowest BCUT2D eigenvalue weighted by atomic mass is 9.53. The number of rotatable bonds is 4. The van der Waals surface area contributed by atoms with Gasteiger partial charge in [0.2, 0.25) is 0 Å². The minimum atomic E-state index is 0.508. The quantitative estimate of drug-likeness (QED) is 0.826. The molecule has 0 radical (unpaired) electrons. The molecule has 4 saturated carbocycles. The van der Waals surface area contributed by atoms with Crippen LogP contribution in [0.15, 0.2) is 34.7 Å². The molecular formula is C22H27ClNO+. The van der Waals surface area contributed by atoms with Crippen molar-refractivity contribution in [3.8, 4) is 11.3 Å². The summed E-state index contributed by atoms with van der Waals surface area (Å²) in [6.07, 6.45) is 8.81. The second-order valence-electron chi connectivity index (χ2n) is 8.87. The highest BCUT2D eigenvalue weighted by atomic mass is 35.5. The zero-order valence-corrected chi connectivity index (χ0v) is 15.7. The topological polar surface area (TPSA) is 29.8 Å². The average Bonchev–Trinajstić information content (AvgIpc) is 3.03. The lowest BCUT2D eigenvalue weighted by Crippen LogP contribution is -2.97. The van der Waals surface area contributed by atoms with Gasteiger partial charge in [0.1, 0.15) is 12.3 Å². The Morgan fingerprint density at radius 2 is 1.72 bits per heavy atom. The van der Waals surface area contributed by atoms with Crippen LogP contribution in [-0.4, -0.2) is 5.54 Å². The van der Waals surface area contributed by atoms with Gasteiger partial charge in [0, 0.05) is 29.8 Å². The summed E-state index contributed by atoms with van der Waals surface area (Å²) in [4.78, 5) is 0. The smallest absolute Gasteiger partial charge is 0.158 e. The van der Waals surface area contributed by atoms with Crippen LogP contribution in [0.25, 0.3) is 11.3 Å². The first-order valence-electron chi connectivity index (χ1n) is 9.79. The van der Waals surface area contributed by atoms with Crippen LogP contribution in [0.3, 0.4) is 0 Å². The standard InChI is InChI=1S/C22H26ClNO/c1-14-19(3-2-4-20(14)23)21-6-5-18(25-21)13-24-22-10-15-7-16(11-22)9-17(8-15)12-22/h2-6,15-17,24H,7-13H2,1H3/p+1. The van der Waals surface area contributed by atoms with Crippen molar-refractivity contribution in [2.75, 3.05) is 0 Å². The minimum absolute atomic E-state index is 0.508. The maximum Gasteiger partial charge on any atom is 0.158 e. The molecule has 4 bridgehead atoms. The van der Waals surface area contributed by atoms with Gasteiger partial charge in [-0.25, -0.2) is 0 Å². The van der Waals surface area contributed by atoms with Gasteiger partial charge in [0.05, 0.1) is 5.54 Å². The summed E-state index contributed by atoms with van der Waals surface area (Å²) >= 11 is 6.26. The van der Waals surface area contributed by atoms with Gasteiger partial charge in [0.25, 0.3) is 0 Å². The van der Waals surface area contributed by atoms with E-state index in [-0.39, 0.29) is 0 Å². The molecule has 4 aliphatic carbocycles. The van der Waals surface area contributed by atoms with E-state index >= 15 is 0 Å². The number of nitrogens with two attached hydrogens (primary N) is 1. The third-order valence-electron chi connectivity index (χ3n) is 7.02. The van der Waals surface area contributed by atoms with Crippen LogP contribution in [0.4, 0.5) is 0 Å². The summed E-state index contributed by atoms with van der Waals surface area (Å²) < 4.78 is 6.18. The Morgan fingerprint density at radius 1 is 1.04 bits per heavy atom. The fraction of sp³-hybridized carbons (Fsp3) is 0.545. The van der Waals surface area contributed by atoms with Crippen molar-refractivity contribution in [2.45, 2.75) is 57.5 Å². The van der Waals surface area contributed by atoms with Crippen molar-refractivity contribution in [2.24, 2.45) is 17.8 Å². The molecule has 132 valence electrons. The van der Waals surface area contributed by atoms with E-state index in [2.05, 4.69) is 30.4 Å². The average molecular weight is 357 g/mol. The predicted molar refractivity (Wildman–Crippen MR) is 100 cm³/mol. The molecule has 4 fully saturated rings. The molecule has 6 rings (SSSR count). The summed E-state index contributed by atoms with van der Waals surface area (Å²) in [5.74, 6) is 5.04. The summed E-state index contributed by atoms with van der Waals surface area (Å²) in [5, 5.41) is 3.42. The Hall–Kier alpha value is -1.25. The summed E-state index contributed by atoms with van der Waals surface area (Å²) in [6, 6.07) is 10.3. The molecule has 2 nitrogen and oxygen atoms in total. The van der Waals surface area contributed by atoms with Gasteiger partial charge < -0.3 is 9.73 Å². The number of benzene rings is 1. The second-order valence-corrected chi connectivity index (χ2v) is 9.27. The van der Waals surface area contributed by atoms with Gasteiger partial charge in [-0.3, -0.25) is 0 Å². The maximum atomic E-state index is 6.26. The minimum Gasteiger partial charge on any atom is -0.455 e. The first-order valence-corrected chi connectivity index (χ1v) is 10.2. The summed E-state index contributed by atoms with van der Waals surface area (Å²) in [5.41, 5.74) is 2.71. The van der Waals surface area contributed by atoms with E-state index in [1.54, 1.807) is 0 Å². The van der Waals surface area contributed by atoms with Gasteiger partial charge in [-0.2, -0.15) is 0 Å². The molecule has 2 N–H and O–H groups in total. The first kappa shape index (κ1) is 16.0. The first-order chi connectivity index (χ1) is 12.1. The van der Waals surface area contributed by atoms with Crippen LogP contribution >= 0.6 is 11.6 Å². The largest absolute Gasteiger partial charge is 0.455 e. The molecule has 1 heterocycles. The molecule has 1 aromatic heterocycles. The lowest BCUT2D eigenvalue weighted by Gasteiger charge is -2.54. The van der Waals surface area contributed by atoms with E-state index in [1.165, 1.54) is 38.5 Å². The number of hydrogen-bond acceptors (Lipinski definition) is 1. The molecule has 0 spiro atoms. The molecular weight excluding hydrogens is 330 g/mol. The Bertz CT molecular complexity index is 758. The highest BCUT2D eigenvalue weighted by molar-refractivity contribution is 6.31. The Kier molecular flexibility index (Phi) is 3.76. The van der Waals surface area contributed by atoms with Crippen molar-refractivity contribution in [1.29, 1.82) is 0 Å². The van der Waals surface area contributed by atoms with Gasteiger partial charge >= 0.3 is 0 Å². The van der Waals surface area contributed by atoms with Crippen LogP contribution < -0.4 is 5.32 Å². The number of halogens is 1. The number of quaternary nitrogens is 1. The molecule has 4 aliphatic rings. The maximum absolute atomic E-state index is 6.26. The fourth-order valence-corrected chi connectivity index (χ4v) is 6.43. The highest BCUT2D eigenvalue weighted by Gasteiger charge is 2.53. The SMILES string of the molecule is Cc1c(Cl)cccc1-c1ccc(C[NH2+]C23CC4CC(CC(C4)C2)C3)o1. The van der Waals surface area contributed by atoms with E-state index in [0.29, 0.717) is 5.54 Å². The van der Waals surface area contributed by atoms with Crippen LogP contribution in [0.1, 0.15) is 49.8 Å². The predicted octanol–water partition coefficient (Wildman–Crippen LogP) is 4.94. The zero-order chi connectivity index (χ0) is 17.0. The van der Waals surface area contributed by atoms with Crippen LogP contribution in [-0.2, 0) is 6.54 Å². The Balaban J connectivity index is 1.31. The second kappa shape index (κ2) is 5.89. The normalized spacial score (nSPS) is 33.1. The Labute approximate surface area is 154 Å². The summed E-state index contributed by atoms with van der Waals surface area (Å²) in [7, 11) is 0. The Morgan fingerprint density at radius 3 is 2.40 bits per heavy atom. The van der Waals surface area contributed by atoms with Crippen molar-refractivity contribution in [3.05, 3.63) is 46.7 Å². The van der Waals surface area contributed by atoms with Gasteiger partial charge in [-0.05, 0) is 67.7 Å². The molecule has 0 amide bonds. The number of hydrogen-bond donors (Lipinski definition) is 1. The lowest BCUT2D eigenvalue weighted by molar-refractivity contribution is -0.754. The van der Waals surface area contributed by atoms with E-state index < -0.39 is 0 Å². The van der Waals surface area contributed by atoms with Crippen LogP contribution in [0.2, 0.25) is 5.02 Å². The molecule has 3 heteroatoms. The fourth-order valence-electron chi connectivity index (χ4n) is 6.25. The van der Waals surface area contributed by atoms with E-state index in [4.69, 9.17) is 16.0 Å². The van der Waals surface area contributed by atoms with E-state index in [9.17, 15) is 0 Å². The molecule has 0 unspecified atom stereocenters. The van der Waals surface area contributed by atoms with Crippen LogP contribution in [0, 0.1) is 24.7 Å². The summed E-state index contributed by atoms with van der Waals surface area (Å²) in [6.45, 7) is 3.02. The molecule has 0 atom stereocenters. The third kappa shape index (κ3) is 2.84. The highest BCUT2D eigenvalue weighted by Crippen LogP contribution is 2.54. The van der Waals surface area contributed by atoms with Crippen molar-refractivity contribution < 1.29 is 9.73 Å². The van der Waals surface area contributed by atoms with Gasteiger partial charge in [0.15, 0.2) is 5.76 Å². The molecule has 0 saturated heterocycles. The third-order valence-corrected chi connectivity index (χ3v) is 7.43. The molecule has 0 aliphatic heterocycles. The van der Waals surface area contributed by atoms with E-state index in [0.717, 1.165) is 52.0 Å². The van der Waals surface area contributed by atoms with Crippen molar-refractivity contribution in [3.63, 3.8) is 0 Å². The molecule has 2 aromatic rings. The van der Waals surface area contributed by atoms with Crippen molar-refractivity contribution in [1.82, 2.24) is 0 Å². The zero-order valence-electron chi connectivity index (χ0n) is 14.9. The van der Waals surface area contributed by atoms with Crippen LogP contribution in [0.5, 0.6) is 0 Å².